The average molecular weight is 421 g/mol. The third kappa shape index (κ3) is 6.44. The van der Waals surface area contributed by atoms with Gasteiger partial charge in [-0.25, -0.2) is 4.79 Å². The number of hydrogen-bond donors (Lipinski definition) is 1. The highest BCUT2D eigenvalue weighted by atomic mass is 16.6. The summed E-state index contributed by atoms with van der Waals surface area (Å²) in [6.07, 6.45) is 1.15. The van der Waals surface area contributed by atoms with Crippen molar-refractivity contribution in [2.75, 3.05) is 26.2 Å². The lowest BCUT2D eigenvalue weighted by Gasteiger charge is -2.36. The van der Waals surface area contributed by atoms with Crippen molar-refractivity contribution < 1.29 is 19.1 Å². The van der Waals surface area contributed by atoms with Crippen LogP contribution in [0.5, 0.6) is 0 Å². The predicted molar refractivity (Wildman–Crippen MR) is 117 cm³/mol. The monoisotopic (exact) mass is 421 g/mol. The Balaban J connectivity index is 1.54. The minimum absolute atomic E-state index is 0.170. The fourth-order valence-corrected chi connectivity index (χ4v) is 3.42. The SMILES string of the molecule is C=CC(=O)N[C@@H](Cc1ccccc1)C(=O)N1CCN(C(=O)OCc2ccccc2)CC1. The van der Waals surface area contributed by atoms with E-state index in [9.17, 15) is 14.4 Å². The zero-order valence-corrected chi connectivity index (χ0v) is 17.4. The summed E-state index contributed by atoms with van der Waals surface area (Å²) in [4.78, 5) is 40.6. The lowest BCUT2D eigenvalue weighted by Crippen LogP contribution is -2.56. The molecule has 1 N–H and O–H groups in total. The molecule has 0 aliphatic carbocycles. The maximum absolute atomic E-state index is 13.1. The van der Waals surface area contributed by atoms with Gasteiger partial charge in [0.2, 0.25) is 11.8 Å². The third-order valence-corrected chi connectivity index (χ3v) is 5.14. The normalized spacial score (nSPS) is 14.5. The molecule has 0 aromatic heterocycles. The van der Waals surface area contributed by atoms with Crippen molar-refractivity contribution in [3.63, 3.8) is 0 Å². The van der Waals surface area contributed by atoms with Crippen LogP contribution in [-0.4, -0.2) is 59.9 Å². The minimum atomic E-state index is -0.690. The van der Waals surface area contributed by atoms with Gasteiger partial charge in [-0.05, 0) is 17.2 Å². The predicted octanol–water partition coefficient (Wildman–Crippen LogP) is 2.38. The van der Waals surface area contributed by atoms with E-state index in [2.05, 4.69) is 11.9 Å². The lowest BCUT2D eigenvalue weighted by molar-refractivity contribution is -0.137. The van der Waals surface area contributed by atoms with Gasteiger partial charge in [0.1, 0.15) is 12.6 Å². The maximum Gasteiger partial charge on any atom is 0.410 e. The Kier molecular flexibility index (Phi) is 7.81. The van der Waals surface area contributed by atoms with E-state index in [0.29, 0.717) is 32.6 Å². The van der Waals surface area contributed by atoms with Crippen LogP contribution in [0.2, 0.25) is 0 Å². The Hall–Kier alpha value is -3.61. The van der Waals surface area contributed by atoms with Crippen molar-refractivity contribution in [2.24, 2.45) is 0 Å². The molecule has 0 unspecified atom stereocenters. The molecule has 0 bridgehead atoms. The van der Waals surface area contributed by atoms with Crippen molar-refractivity contribution in [3.8, 4) is 0 Å². The van der Waals surface area contributed by atoms with E-state index >= 15 is 0 Å². The molecule has 7 heteroatoms. The zero-order chi connectivity index (χ0) is 22.1. The first-order chi connectivity index (χ1) is 15.1. The van der Waals surface area contributed by atoms with Gasteiger partial charge in [0.15, 0.2) is 0 Å². The van der Waals surface area contributed by atoms with Crippen LogP contribution in [-0.2, 0) is 27.4 Å². The smallest absolute Gasteiger partial charge is 0.410 e. The number of ether oxygens (including phenoxy) is 1. The van der Waals surface area contributed by atoms with Crippen molar-refractivity contribution in [2.45, 2.75) is 19.1 Å². The number of nitrogens with one attached hydrogen (secondary N) is 1. The molecule has 7 nitrogen and oxygen atoms in total. The second kappa shape index (κ2) is 11.0. The summed E-state index contributed by atoms with van der Waals surface area (Å²) in [5.41, 5.74) is 1.87. The van der Waals surface area contributed by atoms with E-state index in [4.69, 9.17) is 4.74 Å². The first kappa shape index (κ1) is 22.1. The molecular weight excluding hydrogens is 394 g/mol. The molecule has 2 aromatic carbocycles. The summed E-state index contributed by atoms with van der Waals surface area (Å²) in [5.74, 6) is -0.561. The van der Waals surface area contributed by atoms with Gasteiger partial charge in [-0.15, -0.1) is 0 Å². The first-order valence-electron chi connectivity index (χ1n) is 10.3. The second-order valence-electron chi connectivity index (χ2n) is 7.31. The highest BCUT2D eigenvalue weighted by molar-refractivity contribution is 5.92. The summed E-state index contributed by atoms with van der Waals surface area (Å²) < 4.78 is 5.37. The van der Waals surface area contributed by atoms with E-state index in [1.807, 2.05) is 60.7 Å². The molecule has 1 atom stereocenters. The summed E-state index contributed by atoms with van der Waals surface area (Å²) in [7, 11) is 0. The number of hydrogen-bond acceptors (Lipinski definition) is 4. The summed E-state index contributed by atoms with van der Waals surface area (Å²) >= 11 is 0. The quantitative estimate of drug-likeness (QED) is 0.697. The lowest BCUT2D eigenvalue weighted by atomic mass is 10.0. The topological polar surface area (TPSA) is 79.0 Å². The second-order valence-corrected chi connectivity index (χ2v) is 7.31. The molecule has 162 valence electrons. The molecule has 0 spiro atoms. The van der Waals surface area contributed by atoms with Crippen LogP contribution in [0, 0.1) is 0 Å². The molecule has 0 saturated carbocycles. The number of benzene rings is 2. The molecule has 2 aromatic rings. The molecule has 31 heavy (non-hydrogen) atoms. The van der Waals surface area contributed by atoms with Gasteiger partial charge >= 0.3 is 6.09 Å². The van der Waals surface area contributed by atoms with Crippen LogP contribution in [0.1, 0.15) is 11.1 Å². The maximum atomic E-state index is 13.1. The van der Waals surface area contributed by atoms with E-state index in [1.165, 1.54) is 0 Å². The first-order valence-corrected chi connectivity index (χ1v) is 10.3. The molecule has 1 fully saturated rings. The van der Waals surface area contributed by atoms with E-state index in [-0.39, 0.29) is 12.5 Å². The van der Waals surface area contributed by atoms with Gasteiger partial charge in [0.05, 0.1) is 0 Å². The Bertz CT molecular complexity index is 894. The van der Waals surface area contributed by atoms with Gasteiger partial charge in [0, 0.05) is 32.6 Å². The van der Waals surface area contributed by atoms with Crippen molar-refractivity contribution in [1.82, 2.24) is 15.1 Å². The average Bonchev–Trinajstić information content (AvgIpc) is 2.83. The molecule has 3 rings (SSSR count). The van der Waals surface area contributed by atoms with E-state index in [0.717, 1.165) is 17.2 Å². The zero-order valence-electron chi connectivity index (χ0n) is 17.4. The fourth-order valence-electron chi connectivity index (χ4n) is 3.42. The molecular formula is C24H27N3O4. The minimum Gasteiger partial charge on any atom is -0.445 e. The van der Waals surface area contributed by atoms with Gasteiger partial charge in [-0.1, -0.05) is 67.2 Å². The Morgan fingerprint density at radius 2 is 1.45 bits per heavy atom. The van der Waals surface area contributed by atoms with Crippen LogP contribution in [0.15, 0.2) is 73.3 Å². The fraction of sp³-hybridized carbons (Fsp3) is 0.292. The Morgan fingerprint density at radius 3 is 2.03 bits per heavy atom. The number of amides is 3. The number of carbonyl (C=O) groups is 3. The molecule has 0 radical (unpaired) electrons. The molecule has 3 amide bonds. The van der Waals surface area contributed by atoms with Crippen molar-refractivity contribution in [1.29, 1.82) is 0 Å². The highest BCUT2D eigenvalue weighted by Gasteiger charge is 2.30. The van der Waals surface area contributed by atoms with Gasteiger partial charge in [-0.2, -0.15) is 0 Å². The van der Waals surface area contributed by atoms with Crippen molar-refractivity contribution in [3.05, 3.63) is 84.4 Å². The van der Waals surface area contributed by atoms with Crippen LogP contribution >= 0.6 is 0 Å². The third-order valence-electron chi connectivity index (χ3n) is 5.14. The van der Waals surface area contributed by atoms with Gasteiger partial charge in [0.25, 0.3) is 0 Å². The van der Waals surface area contributed by atoms with E-state index in [1.54, 1.807) is 9.80 Å². The standard InChI is InChI=1S/C24H27N3O4/c1-2-22(28)25-21(17-19-9-5-3-6-10-19)23(29)26-13-15-27(16-14-26)24(30)31-18-20-11-7-4-8-12-20/h2-12,21H,1,13-18H2,(H,25,28)/t21-/m0/s1. The molecule has 1 saturated heterocycles. The largest absolute Gasteiger partial charge is 0.445 e. The number of piperazine rings is 1. The molecule has 1 aliphatic heterocycles. The summed E-state index contributed by atoms with van der Waals surface area (Å²) in [5, 5.41) is 2.73. The molecule has 1 aliphatic rings. The number of carbonyl (C=O) groups excluding carboxylic acids is 3. The Labute approximate surface area is 182 Å². The van der Waals surface area contributed by atoms with Gasteiger partial charge in [-0.3, -0.25) is 9.59 Å². The van der Waals surface area contributed by atoms with Crippen LogP contribution in [0.3, 0.4) is 0 Å². The highest BCUT2D eigenvalue weighted by Crippen LogP contribution is 2.11. The molecule has 1 heterocycles. The van der Waals surface area contributed by atoms with Crippen LogP contribution < -0.4 is 5.32 Å². The number of nitrogens with zero attached hydrogens (tertiary/aromatic N) is 2. The summed E-state index contributed by atoms with van der Waals surface area (Å²) in [6.45, 7) is 5.21. The number of rotatable bonds is 7. The van der Waals surface area contributed by atoms with E-state index < -0.39 is 18.0 Å². The summed E-state index contributed by atoms with van der Waals surface area (Å²) in [6, 6.07) is 18.3. The Morgan fingerprint density at radius 1 is 0.903 bits per heavy atom. The van der Waals surface area contributed by atoms with Crippen LogP contribution in [0.4, 0.5) is 4.79 Å². The van der Waals surface area contributed by atoms with Crippen LogP contribution in [0.25, 0.3) is 0 Å². The van der Waals surface area contributed by atoms with Crippen molar-refractivity contribution >= 4 is 17.9 Å². The van der Waals surface area contributed by atoms with Gasteiger partial charge < -0.3 is 19.9 Å².